The normalized spacial score (nSPS) is 11.0. The maximum atomic E-state index is 12.4. The third-order valence-corrected chi connectivity index (χ3v) is 5.29. The summed E-state index contributed by atoms with van der Waals surface area (Å²) in [5, 5.41) is 14.6. The van der Waals surface area contributed by atoms with Crippen LogP contribution < -0.4 is 5.32 Å². The fourth-order valence-corrected chi connectivity index (χ4v) is 3.84. The molecule has 1 amide bonds. The molecule has 1 N–H and O–H groups in total. The van der Waals surface area contributed by atoms with Crippen molar-refractivity contribution in [3.05, 3.63) is 94.6 Å². The third kappa shape index (κ3) is 4.20. The molecule has 6 nitrogen and oxygen atoms in total. The molecule has 0 spiro atoms. The second kappa shape index (κ2) is 8.04. The van der Waals surface area contributed by atoms with Gasteiger partial charge in [-0.15, -0.1) is 11.3 Å². The lowest BCUT2D eigenvalue weighted by Gasteiger charge is -2.08. The minimum absolute atomic E-state index is 0.0998. The van der Waals surface area contributed by atoms with Gasteiger partial charge in [0, 0.05) is 23.8 Å². The average Bonchev–Trinajstić information content (AvgIpc) is 3.17. The molecule has 4 rings (SSSR count). The Kier molecular flexibility index (Phi) is 5.13. The Morgan fingerprint density at radius 3 is 2.55 bits per heavy atom. The minimum atomic E-state index is -0.488. The average molecular weight is 401 g/mol. The maximum absolute atomic E-state index is 12.4. The smallest absolute Gasteiger partial charge is 0.271 e. The summed E-state index contributed by atoms with van der Waals surface area (Å²) < 4.78 is 1.00. The number of nitrogens with zero attached hydrogens (tertiary/aromatic N) is 2. The fraction of sp³-hybridized carbons (Fsp3) is 0. The van der Waals surface area contributed by atoms with E-state index in [9.17, 15) is 14.9 Å². The molecular weight excluding hydrogens is 386 g/mol. The first-order chi connectivity index (χ1) is 14.1. The lowest BCUT2D eigenvalue weighted by Crippen LogP contribution is -2.09. The Morgan fingerprint density at radius 1 is 1.03 bits per heavy atom. The van der Waals surface area contributed by atoms with E-state index in [0.29, 0.717) is 16.3 Å². The summed E-state index contributed by atoms with van der Waals surface area (Å²) in [5.41, 5.74) is 2.61. The number of hydrogen-bond acceptors (Lipinski definition) is 5. The third-order valence-electron chi connectivity index (χ3n) is 4.22. The van der Waals surface area contributed by atoms with Crippen LogP contribution in [-0.4, -0.2) is 15.8 Å². The van der Waals surface area contributed by atoms with E-state index in [-0.39, 0.29) is 11.6 Å². The Balaban J connectivity index is 1.68. The second-order valence-corrected chi connectivity index (χ2v) is 7.24. The number of thiazole rings is 1. The van der Waals surface area contributed by atoms with Gasteiger partial charge in [0.05, 0.1) is 20.8 Å². The first-order valence-electron chi connectivity index (χ1n) is 8.79. The standard InChI is InChI=1S/C22H15N3O3S/c26-21(13-10-15-6-2-1-3-7-15)23-19-14-16(25(27)28)11-12-17(19)22-24-18-8-4-5-9-20(18)29-22/h1-14H,(H,23,26)/b13-10+. The molecule has 1 aromatic heterocycles. The molecular formula is C22H15N3O3S. The molecule has 0 atom stereocenters. The Bertz CT molecular complexity index is 1200. The summed E-state index contributed by atoms with van der Waals surface area (Å²) in [4.78, 5) is 27.8. The molecule has 7 heteroatoms. The molecule has 29 heavy (non-hydrogen) atoms. The van der Waals surface area contributed by atoms with Crippen molar-refractivity contribution in [3.8, 4) is 10.6 Å². The number of hydrogen-bond donors (Lipinski definition) is 1. The number of benzene rings is 3. The number of aromatic nitrogens is 1. The van der Waals surface area contributed by atoms with Gasteiger partial charge in [0.15, 0.2) is 0 Å². The van der Waals surface area contributed by atoms with Gasteiger partial charge in [-0.25, -0.2) is 4.98 Å². The van der Waals surface area contributed by atoms with Crippen molar-refractivity contribution in [1.29, 1.82) is 0 Å². The van der Waals surface area contributed by atoms with Crippen LogP contribution in [0.25, 0.3) is 26.9 Å². The van der Waals surface area contributed by atoms with Crippen molar-refractivity contribution in [2.24, 2.45) is 0 Å². The summed E-state index contributed by atoms with van der Waals surface area (Å²) in [7, 11) is 0. The fourth-order valence-electron chi connectivity index (χ4n) is 2.83. The quantitative estimate of drug-likeness (QED) is 0.271. The van der Waals surface area contributed by atoms with Crippen molar-refractivity contribution in [1.82, 2.24) is 4.98 Å². The highest BCUT2D eigenvalue weighted by atomic mass is 32.1. The number of carbonyl (C=O) groups is 1. The zero-order valence-corrected chi connectivity index (χ0v) is 15.9. The topological polar surface area (TPSA) is 85.1 Å². The number of nitrogens with one attached hydrogen (secondary N) is 1. The van der Waals surface area contributed by atoms with E-state index in [1.807, 2.05) is 54.6 Å². The number of non-ortho nitro benzene ring substituents is 1. The molecule has 0 aliphatic carbocycles. The summed E-state index contributed by atoms with van der Waals surface area (Å²) in [6, 6.07) is 21.5. The van der Waals surface area contributed by atoms with Crippen LogP contribution in [0.3, 0.4) is 0 Å². The van der Waals surface area contributed by atoms with Crippen molar-refractivity contribution >= 4 is 44.9 Å². The van der Waals surface area contributed by atoms with E-state index in [1.54, 1.807) is 12.1 Å². The number of nitro groups is 1. The van der Waals surface area contributed by atoms with Crippen molar-refractivity contribution < 1.29 is 9.72 Å². The number of fused-ring (bicyclic) bond motifs is 1. The van der Waals surface area contributed by atoms with Gasteiger partial charge in [-0.1, -0.05) is 42.5 Å². The van der Waals surface area contributed by atoms with E-state index < -0.39 is 4.92 Å². The van der Waals surface area contributed by atoms with Crippen molar-refractivity contribution in [3.63, 3.8) is 0 Å². The highest BCUT2D eigenvalue weighted by Gasteiger charge is 2.16. The van der Waals surface area contributed by atoms with Crippen LogP contribution in [0.4, 0.5) is 11.4 Å². The number of anilines is 1. The van der Waals surface area contributed by atoms with Crippen LogP contribution in [0.5, 0.6) is 0 Å². The highest BCUT2D eigenvalue weighted by molar-refractivity contribution is 7.21. The van der Waals surface area contributed by atoms with Crippen LogP contribution in [0.1, 0.15) is 5.56 Å². The monoisotopic (exact) mass is 401 g/mol. The Morgan fingerprint density at radius 2 is 1.79 bits per heavy atom. The van der Waals surface area contributed by atoms with Crippen LogP contribution >= 0.6 is 11.3 Å². The molecule has 1 heterocycles. The number of rotatable bonds is 5. The van der Waals surface area contributed by atoms with Crippen LogP contribution in [0, 0.1) is 10.1 Å². The van der Waals surface area contributed by atoms with Gasteiger partial charge in [-0.2, -0.15) is 0 Å². The molecule has 3 aromatic carbocycles. The van der Waals surface area contributed by atoms with Crippen LogP contribution in [0.2, 0.25) is 0 Å². The molecule has 142 valence electrons. The number of amides is 1. The number of nitro benzene ring substituents is 1. The van der Waals surface area contributed by atoms with Gasteiger partial charge in [-0.3, -0.25) is 14.9 Å². The number of para-hydroxylation sites is 1. The summed E-state index contributed by atoms with van der Waals surface area (Å²) in [5.74, 6) is -0.378. The predicted molar refractivity (Wildman–Crippen MR) is 116 cm³/mol. The van der Waals surface area contributed by atoms with E-state index in [1.165, 1.54) is 29.5 Å². The van der Waals surface area contributed by atoms with Gasteiger partial charge < -0.3 is 5.32 Å². The Labute approximate surface area is 170 Å². The lowest BCUT2D eigenvalue weighted by atomic mass is 10.1. The lowest BCUT2D eigenvalue weighted by molar-refractivity contribution is -0.384. The first kappa shape index (κ1) is 18.5. The zero-order valence-electron chi connectivity index (χ0n) is 15.1. The molecule has 0 unspecified atom stereocenters. The van der Waals surface area contributed by atoms with Gasteiger partial charge in [0.2, 0.25) is 5.91 Å². The molecule has 0 bridgehead atoms. The molecule has 4 aromatic rings. The van der Waals surface area contributed by atoms with Crippen LogP contribution in [-0.2, 0) is 4.79 Å². The number of carbonyl (C=O) groups excluding carboxylic acids is 1. The molecule has 0 saturated carbocycles. The predicted octanol–water partition coefficient (Wildman–Crippen LogP) is 5.52. The Hall–Kier alpha value is -3.84. The summed E-state index contributed by atoms with van der Waals surface area (Å²) in [6.07, 6.45) is 3.08. The molecule has 0 saturated heterocycles. The molecule has 0 radical (unpaired) electrons. The molecule has 0 fully saturated rings. The van der Waals surface area contributed by atoms with E-state index in [4.69, 9.17) is 0 Å². The maximum Gasteiger partial charge on any atom is 0.271 e. The van der Waals surface area contributed by atoms with Gasteiger partial charge in [0.25, 0.3) is 5.69 Å². The van der Waals surface area contributed by atoms with E-state index in [2.05, 4.69) is 10.3 Å². The van der Waals surface area contributed by atoms with E-state index in [0.717, 1.165) is 15.8 Å². The molecule has 0 aliphatic rings. The second-order valence-electron chi connectivity index (χ2n) is 6.21. The van der Waals surface area contributed by atoms with Crippen LogP contribution in [0.15, 0.2) is 78.9 Å². The summed E-state index contributed by atoms with van der Waals surface area (Å²) in [6.45, 7) is 0. The van der Waals surface area contributed by atoms with Crippen molar-refractivity contribution in [2.75, 3.05) is 5.32 Å². The van der Waals surface area contributed by atoms with Gasteiger partial charge in [0.1, 0.15) is 5.01 Å². The largest absolute Gasteiger partial charge is 0.322 e. The van der Waals surface area contributed by atoms with Crippen molar-refractivity contribution in [2.45, 2.75) is 0 Å². The zero-order chi connectivity index (χ0) is 20.2. The van der Waals surface area contributed by atoms with Gasteiger partial charge in [-0.05, 0) is 29.8 Å². The SMILES string of the molecule is O=C(/C=C/c1ccccc1)Nc1cc([N+](=O)[O-])ccc1-c1nc2ccccc2s1. The highest BCUT2D eigenvalue weighted by Crippen LogP contribution is 2.36. The minimum Gasteiger partial charge on any atom is -0.322 e. The van der Waals surface area contributed by atoms with Gasteiger partial charge >= 0.3 is 0 Å². The van der Waals surface area contributed by atoms with E-state index >= 15 is 0 Å². The molecule has 0 aliphatic heterocycles. The summed E-state index contributed by atoms with van der Waals surface area (Å²) >= 11 is 1.47. The first-order valence-corrected chi connectivity index (χ1v) is 9.60.